The smallest absolute Gasteiger partial charge is 0.254 e. The van der Waals surface area contributed by atoms with Crippen molar-refractivity contribution < 1.29 is 4.79 Å². The van der Waals surface area contributed by atoms with Crippen molar-refractivity contribution >= 4 is 11.6 Å². The molecule has 1 aromatic carbocycles. The van der Waals surface area contributed by atoms with E-state index in [0.717, 1.165) is 71.8 Å². The molecule has 0 spiro atoms. The lowest BCUT2D eigenvalue weighted by Crippen LogP contribution is -2.45. The molecule has 2 aliphatic heterocycles. The van der Waals surface area contributed by atoms with Crippen LogP contribution in [-0.4, -0.2) is 63.0 Å². The lowest BCUT2D eigenvalue weighted by atomic mass is 9.94. The van der Waals surface area contributed by atoms with Gasteiger partial charge in [-0.1, -0.05) is 6.07 Å². The largest absolute Gasteiger partial charge is 0.334 e. The third-order valence-corrected chi connectivity index (χ3v) is 6.05. The Morgan fingerprint density at radius 1 is 1.14 bits per heavy atom. The van der Waals surface area contributed by atoms with Crippen molar-refractivity contribution in [2.45, 2.75) is 32.7 Å². The minimum atomic E-state index is 0.179. The highest BCUT2D eigenvalue weighted by atomic mass is 16.2. The minimum absolute atomic E-state index is 0.179. The van der Waals surface area contributed by atoms with Crippen molar-refractivity contribution in [1.82, 2.24) is 24.4 Å². The molecule has 5 rings (SSSR count). The van der Waals surface area contributed by atoms with Crippen LogP contribution in [0.5, 0.6) is 0 Å². The number of aromatic nitrogens is 3. The van der Waals surface area contributed by atoms with Crippen LogP contribution in [0.2, 0.25) is 0 Å². The van der Waals surface area contributed by atoms with Crippen molar-refractivity contribution in [3.63, 3.8) is 0 Å². The van der Waals surface area contributed by atoms with Crippen LogP contribution in [0.1, 0.15) is 33.6 Å². The molecule has 0 saturated carbocycles. The third kappa shape index (κ3) is 2.79. The molecule has 6 heteroatoms. The number of likely N-dealkylation sites (N-methyl/N-ethyl adjacent to an activating group) is 1. The second-order valence-corrected chi connectivity index (χ2v) is 8.19. The van der Waals surface area contributed by atoms with E-state index in [9.17, 15) is 4.79 Å². The van der Waals surface area contributed by atoms with Crippen LogP contribution in [0.15, 0.2) is 30.5 Å². The van der Waals surface area contributed by atoms with Crippen LogP contribution in [0.3, 0.4) is 0 Å². The van der Waals surface area contributed by atoms with E-state index in [2.05, 4.69) is 40.9 Å². The molecule has 1 fully saturated rings. The van der Waals surface area contributed by atoms with Gasteiger partial charge >= 0.3 is 0 Å². The van der Waals surface area contributed by atoms with Gasteiger partial charge in [0.1, 0.15) is 0 Å². The highest BCUT2D eigenvalue weighted by Gasteiger charge is 2.33. The molecule has 1 saturated heterocycles. The fraction of sp³-hybridized carbons (Fsp3) is 0.409. The summed E-state index contributed by atoms with van der Waals surface area (Å²) in [5, 5.41) is 4.73. The number of hydrogen-bond donors (Lipinski definition) is 0. The van der Waals surface area contributed by atoms with Gasteiger partial charge in [0, 0.05) is 30.3 Å². The minimum Gasteiger partial charge on any atom is -0.334 e. The number of imidazole rings is 1. The van der Waals surface area contributed by atoms with Crippen LogP contribution in [0, 0.1) is 13.8 Å². The molecule has 6 nitrogen and oxygen atoms in total. The van der Waals surface area contributed by atoms with Gasteiger partial charge in [0.2, 0.25) is 0 Å². The number of nitrogens with zero attached hydrogens (tertiary/aromatic N) is 5. The Morgan fingerprint density at radius 3 is 2.79 bits per heavy atom. The molecule has 4 heterocycles. The van der Waals surface area contributed by atoms with E-state index in [1.54, 1.807) is 0 Å². The Kier molecular flexibility index (Phi) is 3.98. The van der Waals surface area contributed by atoms with Gasteiger partial charge in [0.05, 0.1) is 17.6 Å². The fourth-order valence-electron chi connectivity index (χ4n) is 4.57. The van der Waals surface area contributed by atoms with Gasteiger partial charge in [-0.2, -0.15) is 5.10 Å². The van der Waals surface area contributed by atoms with Gasteiger partial charge in [-0.25, -0.2) is 9.50 Å². The van der Waals surface area contributed by atoms with Gasteiger partial charge < -0.3 is 9.80 Å². The highest BCUT2D eigenvalue weighted by Crippen LogP contribution is 2.28. The summed E-state index contributed by atoms with van der Waals surface area (Å²) in [6.07, 6.45) is 3.92. The molecule has 1 amide bonds. The zero-order valence-corrected chi connectivity index (χ0v) is 16.6. The summed E-state index contributed by atoms with van der Waals surface area (Å²) in [6.45, 7) is 6.89. The van der Waals surface area contributed by atoms with Crippen LogP contribution in [0.25, 0.3) is 16.9 Å². The van der Waals surface area contributed by atoms with Gasteiger partial charge in [0.25, 0.3) is 5.91 Å². The predicted octanol–water partition coefficient (Wildman–Crippen LogP) is 2.72. The first-order valence-electron chi connectivity index (χ1n) is 9.96. The topological polar surface area (TPSA) is 53.7 Å². The zero-order chi connectivity index (χ0) is 19.4. The van der Waals surface area contributed by atoms with Crippen molar-refractivity contribution in [3.8, 4) is 11.3 Å². The first-order valence-corrected chi connectivity index (χ1v) is 9.96. The average Bonchev–Trinajstić information content (AvgIpc) is 3.27. The lowest BCUT2D eigenvalue weighted by Gasteiger charge is -2.33. The Balaban J connectivity index is 1.48. The van der Waals surface area contributed by atoms with E-state index in [1.807, 2.05) is 29.8 Å². The molecule has 2 aliphatic rings. The van der Waals surface area contributed by atoms with Crippen molar-refractivity contribution in [2.24, 2.45) is 0 Å². The van der Waals surface area contributed by atoms with Gasteiger partial charge in [-0.15, -0.1) is 0 Å². The SMILES string of the molecule is Cc1cn2nc(-c3ccc4c(c3)CCN(C3CCN(C)C3)C4=O)cc(C)c2n1. The van der Waals surface area contributed by atoms with E-state index in [4.69, 9.17) is 5.10 Å². The molecule has 28 heavy (non-hydrogen) atoms. The second-order valence-electron chi connectivity index (χ2n) is 8.19. The number of benzene rings is 1. The van der Waals surface area contributed by atoms with Gasteiger partial charge in [-0.05, 0) is 69.6 Å². The molecule has 144 valence electrons. The molecule has 1 atom stereocenters. The Labute approximate surface area is 164 Å². The molecule has 3 aromatic rings. The number of carbonyl (C=O) groups excluding carboxylic acids is 1. The zero-order valence-electron chi connectivity index (χ0n) is 16.6. The summed E-state index contributed by atoms with van der Waals surface area (Å²) in [6, 6.07) is 8.58. The van der Waals surface area contributed by atoms with E-state index < -0.39 is 0 Å². The van der Waals surface area contributed by atoms with E-state index in [1.165, 1.54) is 0 Å². The third-order valence-electron chi connectivity index (χ3n) is 6.05. The lowest BCUT2D eigenvalue weighted by molar-refractivity contribution is 0.0667. The highest BCUT2D eigenvalue weighted by molar-refractivity contribution is 5.97. The molecule has 0 bridgehead atoms. The first kappa shape index (κ1) is 17.4. The van der Waals surface area contributed by atoms with E-state index in [-0.39, 0.29) is 5.91 Å². The number of hydrogen-bond acceptors (Lipinski definition) is 4. The van der Waals surface area contributed by atoms with E-state index in [0.29, 0.717) is 6.04 Å². The fourth-order valence-corrected chi connectivity index (χ4v) is 4.57. The summed E-state index contributed by atoms with van der Waals surface area (Å²) in [4.78, 5) is 22.0. The van der Waals surface area contributed by atoms with Crippen LogP contribution in [-0.2, 0) is 6.42 Å². The van der Waals surface area contributed by atoms with Crippen molar-refractivity contribution in [2.75, 3.05) is 26.7 Å². The molecule has 0 aliphatic carbocycles. The molecule has 2 aromatic heterocycles. The molecular weight excluding hydrogens is 350 g/mol. The van der Waals surface area contributed by atoms with Crippen LogP contribution >= 0.6 is 0 Å². The van der Waals surface area contributed by atoms with Crippen LogP contribution < -0.4 is 0 Å². The normalized spacial score (nSPS) is 20.2. The number of aryl methyl sites for hydroxylation is 2. The van der Waals surface area contributed by atoms with Crippen LogP contribution in [0.4, 0.5) is 0 Å². The molecule has 0 N–H and O–H groups in total. The number of carbonyl (C=O) groups is 1. The van der Waals surface area contributed by atoms with Crippen molar-refractivity contribution in [1.29, 1.82) is 0 Å². The quantitative estimate of drug-likeness (QED) is 0.691. The van der Waals surface area contributed by atoms with Gasteiger partial charge in [-0.3, -0.25) is 4.79 Å². The standard InChI is InChI=1S/C22H25N5O/c1-14-10-20(24-27-12-15(2)23-21(14)27)17-4-5-19-16(11-17)6-9-26(22(19)28)18-7-8-25(3)13-18/h4-5,10-12,18H,6-9,13H2,1-3H3. The second kappa shape index (κ2) is 6.41. The monoisotopic (exact) mass is 375 g/mol. The summed E-state index contributed by atoms with van der Waals surface area (Å²) in [5.41, 5.74) is 6.90. The summed E-state index contributed by atoms with van der Waals surface area (Å²) in [7, 11) is 2.13. The predicted molar refractivity (Wildman–Crippen MR) is 109 cm³/mol. The Hall–Kier alpha value is -2.73. The molecule has 0 radical (unpaired) electrons. The number of likely N-dealkylation sites (tertiary alicyclic amines) is 1. The number of fused-ring (bicyclic) bond motifs is 2. The number of amides is 1. The van der Waals surface area contributed by atoms with E-state index >= 15 is 0 Å². The van der Waals surface area contributed by atoms with Crippen molar-refractivity contribution in [3.05, 3.63) is 52.8 Å². The number of rotatable bonds is 2. The van der Waals surface area contributed by atoms with Gasteiger partial charge in [0.15, 0.2) is 5.65 Å². The summed E-state index contributed by atoms with van der Waals surface area (Å²) in [5.74, 6) is 0.179. The maximum absolute atomic E-state index is 13.1. The summed E-state index contributed by atoms with van der Waals surface area (Å²) < 4.78 is 1.85. The molecular formula is C22H25N5O. The first-order chi connectivity index (χ1) is 13.5. The Bertz CT molecular complexity index is 1090. The molecule has 1 unspecified atom stereocenters. The maximum atomic E-state index is 13.1. The summed E-state index contributed by atoms with van der Waals surface area (Å²) >= 11 is 0. The maximum Gasteiger partial charge on any atom is 0.254 e. The average molecular weight is 375 g/mol. The Morgan fingerprint density at radius 2 is 2.00 bits per heavy atom.